The van der Waals surface area contributed by atoms with E-state index in [0.717, 1.165) is 11.3 Å². The van der Waals surface area contributed by atoms with Crippen molar-refractivity contribution in [2.24, 2.45) is 7.05 Å². The Labute approximate surface area is 186 Å². The molecule has 9 nitrogen and oxygen atoms in total. The number of nitrogens with zero attached hydrogens (tertiary/aromatic N) is 4. The third kappa shape index (κ3) is 4.51. The number of carbonyl (C=O) groups is 2. The second kappa shape index (κ2) is 8.14. The van der Waals surface area contributed by atoms with Crippen molar-refractivity contribution >= 4 is 28.7 Å². The second-order valence-electron chi connectivity index (χ2n) is 8.84. The number of aromatic nitrogens is 3. The molecule has 0 saturated carbocycles. The van der Waals surface area contributed by atoms with Crippen LogP contribution >= 0.6 is 0 Å². The fourth-order valence-electron chi connectivity index (χ4n) is 3.58. The summed E-state index contributed by atoms with van der Waals surface area (Å²) in [5.41, 5.74) is 2.71. The van der Waals surface area contributed by atoms with Crippen molar-refractivity contribution in [3.05, 3.63) is 47.3 Å². The highest BCUT2D eigenvalue weighted by Gasteiger charge is 2.25. The Kier molecular flexibility index (Phi) is 5.50. The largest absolute Gasteiger partial charge is 0.491 e. The number of fused-ring (bicyclic) bond motifs is 2. The van der Waals surface area contributed by atoms with Gasteiger partial charge in [-0.25, -0.2) is 9.78 Å². The minimum atomic E-state index is -0.580. The van der Waals surface area contributed by atoms with Gasteiger partial charge in [0.15, 0.2) is 5.65 Å². The van der Waals surface area contributed by atoms with E-state index in [2.05, 4.69) is 15.4 Å². The highest BCUT2D eigenvalue weighted by atomic mass is 16.6. The van der Waals surface area contributed by atoms with Gasteiger partial charge in [0.2, 0.25) is 0 Å². The number of carbonyl (C=O) groups excluding carboxylic acids is 2. The van der Waals surface area contributed by atoms with Crippen LogP contribution in [0.15, 0.2) is 30.5 Å². The highest BCUT2D eigenvalue weighted by Crippen LogP contribution is 2.28. The molecule has 0 unspecified atom stereocenters. The fraction of sp³-hybridized carbons (Fsp3) is 0.391. The van der Waals surface area contributed by atoms with Crippen LogP contribution in [-0.2, 0) is 18.3 Å². The van der Waals surface area contributed by atoms with Gasteiger partial charge in [-0.2, -0.15) is 5.10 Å². The quantitative estimate of drug-likeness (QED) is 0.657. The first-order valence-corrected chi connectivity index (χ1v) is 10.4. The lowest BCUT2D eigenvalue weighted by Gasteiger charge is -2.26. The molecule has 0 spiro atoms. The molecule has 3 heterocycles. The van der Waals surface area contributed by atoms with Crippen molar-refractivity contribution in [3.8, 4) is 5.75 Å². The lowest BCUT2D eigenvalue weighted by atomic mass is 10.1. The van der Waals surface area contributed by atoms with Crippen LogP contribution in [0.25, 0.3) is 11.0 Å². The van der Waals surface area contributed by atoms with E-state index >= 15 is 0 Å². The number of hydrogen-bond acceptors (Lipinski definition) is 6. The minimum Gasteiger partial charge on any atom is -0.491 e. The van der Waals surface area contributed by atoms with E-state index in [1.54, 1.807) is 41.0 Å². The van der Waals surface area contributed by atoms with Crippen LogP contribution in [0.3, 0.4) is 0 Å². The number of anilines is 1. The molecule has 0 aliphatic carbocycles. The molecular formula is C23H27N5O4. The molecule has 1 N–H and O–H groups in total. The predicted molar refractivity (Wildman–Crippen MR) is 120 cm³/mol. The Morgan fingerprint density at radius 3 is 2.75 bits per heavy atom. The van der Waals surface area contributed by atoms with Gasteiger partial charge in [-0.15, -0.1) is 0 Å². The van der Waals surface area contributed by atoms with Crippen LogP contribution in [0.5, 0.6) is 5.75 Å². The lowest BCUT2D eigenvalue weighted by Crippen LogP contribution is -2.37. The van der Waals surface area contributed by atoms with Crippen LogP contribution in [-0.4, -0.2) is 50.4 Å². The minimum absolute atomic E-state index is 0.257. The molecule has 0 saturated heterocycles. The zero-order chi connectivity index (χ0) is 23.0. The van der Waals surface area contributed by atoms with Gasteiger partial charge in [-0.1, -0.05) is 0 Å². The van der Waals surface area contributed by atoms with Gasteiger partial charge in [0, 0.05) is 24.0 Å². The summed E-state index contributed by atoms with van der Waals surface area (Å²) in [4.78, 5) is 31.7. The van der Waals surface area contributed by atoms with Crippen LogP contribution in [0.2, 0.25) is 0 Å². The van der Waals surface area contributed by atoms with Gasteiger partial charge in [-0.3, -0.25) is 9.48 Å². The smallest absolute Gasteiger partial charge is 0.410 e. The molecule has 4 rings (SSSR count). The van der Waals surface area contributed by atoms with Crippen LogP contribution in [0.4, 0.5) is 10.5 Å². The van der Waals surface area contributed by atoms with E-state index in [0.29, 0.717) is 47.7 Å². The Morgan fingerprint density at radius 2 is 2.00 bits per heavy atom. The number of benzene rings is 1. The molecule has 1 aliphatic rings. The average molecular weight is 438 g/mol. The van der Waals surface area contributed by atoms with E-state index in [1.807, 2.05) is 33.8 Å². The maximum atomic E-state index is 13.1. The molecule has 1 aliphatic heterocycles. The first-order valence-electron chi connectivity index (χ1n) is 10.4. The Bertz CT molecular complexity index is 1200. The number of hydrogen-bond donors (Lipinski definition) is 1. The van der Waals surface area contributed by atoms with Gasteiger partial charge < -0.3 is 19.7 Å². The number of nitrogens with one attached hydrogen (secondary N) is 1. The summed E-state index contributed by atoms with van der Waals surface area (Å²) in [5, 5.41) is 7.84. The first-order chi connectivity index (χ1) is 15.1. The molecule has 0 atom stereocenters. The molecule has 2 amide bonds. The Balaban J connectivity index is 1.57. The maximum Gasteiger partial charge on any atom is 0.410 e. The van der Waals surface area contributed by atoms with E-state index in [1.165, 1.54) is 0 Å². The van der Waals surface area contributed by atoms with Crippen molar-refractivity contribution < 1.29 is 19.1 Å². The van der Waals surface area contributed by atoms with Gasteiger partial charge in [-0.05, 0) is 52.0 Å². The average Bonchev–Trinajstić information content (AvgIpc) is 2.94. The molecule has 3 aromatic rings. The molecule has 1 aromatic carbocycles. The molecule has 32 heavy (non-hydrogen) atoms. The third-order valence-corrected chi connectivity index (χ3v) is 5.03. The van der Waals surface area contributed by atoms with E-state index < -0.39 is 11.7 Å². The summed E-state index contributed by atoms with van der Waals surface area (Å²) >= 11 is 0. The Hall–Kier alpha value is -3.62. The normalized spacial score (nSPS) is 13.8. The van der Waals surface area contributed by atoms with Crippen LogP contribution in [0.1, 0.15) is 42.4 Å². The highest BCUT2D eigenvalue weighted by molar-refractivity contribution is 6.12. The van der Waals surface area contributed by atoms with Crippen molar-refractivity contribution in [2.45, 2.75) is 39.8 Å². The number of rotatable bonds is 2. The van der Waals surface area contributed by atoms with Crippen LogP contribution < -0.4 is 10.1 Å². The van der Waals surface area contributed by atoms with Crippen molar-refractivity contribution in [1.29, 1.82) is 0 Å². The van der Waals surface area contributed by atoms with E-state index in [-0.39, 0.29) is 5.91 Å². The lowest BCUT2D eigenvalue weighted by molar-refractivity contribution is 0.0225. The van der Waals surface area contributed by atoms with Crippen molar-refractivity contribution in [2.75, 3.05) is 18.5 Å². The van der Waals surface area contributed by atoms with E-state index in [4.69, 9.17) is 9.47 Å². The van der Waals surface area contributed by atoms with Gasteiger partial charge in [0.1, 0.15) is 18.0 Å². The number of ether oxygens (including phenoxy) is 2. The first kappa shape index (κ1) is 21.6. The molecule has 168 valence electrons. The topological polar surface area (TPSA) is 98.6 Å². The molecule has 9 heteroatoms. The summed E-state index contributed by atoms with van der Waals surface area (Å²) in [6.45, 7) is 8.46. The monoisotopic (exact) mass is 437 g/mol. The van der Waals surface area contributed by atoms with Crippen molar-refractivity contribution in [1.82, 2.24) is 19.7 Å². The third-order valence-electron chi connectivity index (χ3n) is 5.03. The molecular weight excluding hydrogens is 410 g/mol. The van der Waals surface area contributed by atoms with E-state index in [9.17, 15) is 9.59 Å². The summed E-state index contributed by atoms with van der Waals surface area (Å²) in [5.74, 6) is 0.426. The zero-order valence-electron chi connectivity index (χ0n) is 18.9. The predicted octanol–water partition coefficient (Wildman–Crippen LogP) is 3.66. The summed E-state index contributed by atoms with van der Waals surface area (Å²) in [6, 6.07) is 7.16. The summed E-state index contributed by atoms with van der Waals surface area (Å²) in [7, 11) is 1.79. The Morgan fingerprint density at radius 1 is 1.22 bits per heavy atom. The summed E-state index contributed by atoms with van der Waals surface area (Å²) in [6.07, 6.45) is 1.25. The SMILES string of the molecule is Cc1cc(C(=O)Nc2ccc3c(c2)CN(C(=O)OC(C)(C)C)CCO3)c2cnn(C)c2n1. The van der Waals surface area contributed by atoms with Gasteiger partial charge in [0.25, 0.3) is 5.91 Å². The van der Waals surface area contributed by atoms with Crippen molar-refractivity contribution in [3.63, 3.8) is 0 Å². The number of amides is 2. The number of pyridine rings is 1. The number of aryl methyl sites for hydroxylation is 2. The molecule has 0 fully saturated rings. The van der Waals surface area contributed by atoms with Crippen LogP contribution in [0, 0.1) is 6.92 Å². The molecule has 0 radical (unpaired) electrons. The second-order valence-corrected chi connectivity index (χ2v) is 8.84. The molecule has 2 aromatic heterocycles. The zero-order valence-corrected chi connectivity index (χ0v) is 18.9. The standard InChI is InChI=1S/C23H27N5O4/c1-14-10-17(18-12-24-27(5)20(18)25-14)21(29)26-16-6-7-19-15(11-16)13-28(8-9-31-19)22(30)32-23(2,3)4/h6-7,10-12H,8-9,13H2,1-5H3,(H,26,29). The molecule has 0 bridgehead atoms. The summed E-state index contributed by atoms with van der Waals surface area (Å²) < 4.78 is 12.9. The van der Waals surface area contributed by atoms with Gasteiger partial charge >= 0.3 is 6.09 Å². The van der Waals surface area contributed by atoms with Gasteiger partial charge in [0.05, 0.1) is 30.2 Å². The maximum absolute atomic E-state index is 13.1. The fourth-order valence-corrected chi connectivity index (χ4v) is 3.58.